The van der Waals surface area contributed by atoms with E-state index in [1.165, 1.54) is 32.1 Å². The van der Waals surface area contributed by atoms with Crippen LogP contribution in [0.5, 0.6) is 0 Å². The number of anilines is 1. The van der Waals surface area contributed by atoms with Crippen molar-refractivity contribution in [2.45, 2.75) is 64.8 Å². The Balaban J connectivity index is 2.07. The number of hydrogen-bond acceptors (Lipinski definition) is 3. The Hall–Kier alpha value is -0.830. The molecule has 0 spiro atoms. The highest BCUT2D eigenvalue weighted by atomic mass is 35.5. The van der Waals surface area contributed by atoms with Gasteiger partial charge in [-0.1, -0.05) is 51.1 Å². The minimum Gasteiger partial charge on any atom is -0.367 e. The third-order valence-corrected chi connectivity index (χ3v) is 4.42. The van der Waals surface area contributed by atoms with Gasteiger partial charge in [0.05, 0.1) is 0 Å². The summed E-state index contributed by atoms with van der Waals surface area (Å²) in [5, 5.41) is 4.20. The molecular weight excluding hydrogens is 258 g/mol. The summed E-state index contributed by atoms with van der Waals surface area (Å²) in [6.07, 6.45) is 10.0. The van der Waals surface area contributed by atoms with Crippen LogP contribution in [-0.4, -0.2) is 16.0 Å². The first-order valence-corrected chi connectivity index (χ1v) is 7.88. The largest absolute Gasteiger partial charge is 0.367 e. The Morgan fingerprint density at radius 3 is 2.89 bits per heavy atom. The van der Waals surface area contributed by atoms with Gasteiger partial charge in [-0.25, -0.2) is 9.97 Å². The number of halogens is 1. The molecule has 0 bridgehead atoms. The van der Waals surface area contributed by atoms with E-state index in [0.29, 0.717) is 11.2 Å². The van der Waals surface area contributed by atoms with E-state index in [0.717, 1.165) is 30.1 Å². The van der Waals surface area contributed by atoms with Crippen molar-refractivity contribution in [2.75, 3.05) is 5.32 Å². The van der Waals surface area contributed by atoms with Gasteiger partial charge >= 0.3 is 0 Å². The summed E-state index contributed by atoms with van der Waals surface area (Å²) in [7, 11) is 0. The van der Waals surface area contributed by atoms with Gasteiger partial charge in [0, 0.05) is 11.6 Å². The van der Waals surface area contributed by atoms with Gasteiger partial charge in [0.1, 0.15) is 17.3 Å². The molecule has 19 heavy (non-hydrogen) atoms. The number of nitrogens with zero attached hydrogens (tertiary/aromatic N) is 2. The Morgan fingerprint density at radius 1 is 1.32 bits per heavy atom. The average molecular weight is 282 g/mol. The zero-order chi connectivity index (χ0) is 13.7. The van der Waals surface area contributed by atoms with Gasteiger partial charge in [0.25, 0.3) is 0 Å². The van der Waals surface area contributed by atoms with Crippen LogP contribution in [0.15, 0.2) is 6.33 Å². The monoisotopic (exact) mass is 281 g/mol. The maximum atomic E-state index is 6.19. The van der Waals surface area contributed by atoms with Gasteiger partial charge in [-0.2, -0.15) is 0 Å². The fraction of sp³-hybridized carbons (Fsp3) is 0.733. The predicted octanol–water partition coefficient (Wildman–Crippen LogP) is 4.46. The van der Waals surface area contributed by atoms with Gasteiger partial charge in [-0.05, 0) is 25.2 Å². The van der Waals surface area contributed by atoms with Crippen LogP contribution < -0.4 is 5.32 Å². The normalized spacial score (nSPS) is 23.3. The topological polar surface area (TPSA) is 37.8 Å². The smallest absolute Gasteiger partial charge is 0.137 e. The molecule has 2 rings (SSSR count). The summed E-state index contributed by atoms with van der Waals surface area (Å²) in [6, 6.07) is 0.542. The van der Waals surface area contributed by atoms with Crippen molar-refractivity contribution in [2.24, 2.45) is 5.92 Å². The molecule has 2 unspecified atom stereocenters. The third kappa shape index (κ3) is 3.82. The quantitative estimate of drug-likeness (QED) is 0.810. The van der Waals surface area contributed by atoms with Gasteiger partial charge in [0.2, 0.25) is 0 Å². The summed E-state index contributed by atoms with van der Waals surface area (Å²) in [5.74, 6) is 1.81. The third-order valence-electron chi connectivity index (χ3n) is 4.09. The number of nitrogens with one attached hydrogen (secondary N) is 1. The minimum atomic E-state index is 0.542. The maximum Gasteiger partial charge on any atom is 0.137 e. The Kier molecular flexibility index (Phi) is 5.44. The van der Waals surface area contributed by atoms with E-state index in [1.807, 2.05) is 0 Å². The molecular formula is C15H24ClN3. The molecule has 1 aromatic heterocycles. The van der Waals surface area contributed by atoms with Crippen molar-refractivity contribution in [3.05, 3.63) is 17.0 Å². The average Bonchev–Trinajstić information content (AvgIpc) is 2.43. The van der Waals surface area contributed by atoms with Gasteiger partial charge in [-0.15, -0.1) is 0 Å². The van der Waals surface area contributed by atoms with E-state index in [1.54, 1.807) is 6.33 Å². The summed E-state index contributed by atoms with van der Waals surface area (Å²) in [5.41, 5.74) is 1.07. The number of aromatic nitrogens is 2. The molecule has 1 saturated carbocycles. The van der Waals surface area contributed by atoms with Gasteiger partial charge in [-0.3, -0.25) is 0 Å². The lowest BCUT2D eigenvalue weighted by Gasteiger charge is -2.30. The van der Waals surface area contributed by atoms with Crippen molar-refractivity contribution in [3.8, 4) is 0 Å². The molecule has 1 aliphatic rings. The Labute approximate surface area is 121 Å². The fourth-order valence-electron chi connectivity index (χ4n) is 2.97. The summed E-state index contributed by atoms with van der Waals surface area (Å²) < 4.78 is 0. The second kappa shape index (κ2) is 7.09. The van der Waals surface area contributed by atoms with Crippen molar-refractivity contribution in [3.63, 3.8) is 0 Å². The van der Waals surface area contributed by atoms with Crippen molar-refractivity contribution >= 4 is 17.4 Å². The summed E-state index contributed by atoms with van der Waals surface area (Å²) in [4.78, 5) is 8.49. The molecule has 1 heterocycles. The van der Waals surface area contributed by atoms with Crippen LogP contribution in [0.4, 0.5) is 5.82 Å². The standard InChI is InChI=1S/C15H24ClN3/c1-3-6-13-14(16)17-10-18-15(13)19-12-8-5-7-11(4-2)9-12/h10-12H,3-9H2,1-2H3,(H,17,18,19). The van der Waals surface area contributed by atoms with Crippen LogP contribution in [0.25, 0.3) is 0 Å². The van der Waals surface area contributed by atoms with Gasteiger partial charge in [0.15, 0.2) is 0 Å². The number of rotatable bonds is 5. The molecule has 1 N–H and O–H groups in total. The van der Waals surface area contributed by atoms with Crippen LogP contribution in [0, 0.1) is 5.92 Å². The molecule has 0 amide bonds. The highest BCUT2D eigenvalue weighted by Gasteiger charge is 2.22. The SMILES string of the molecule is CCCc1c(Cl)ncnc1NC1CCCC(CC)C1. The van der Waals surface area contributed by atoms with E-state index in [4.69, 9.17) is 11.6 Å². The highest BCUT2D eigenvalue weighted by Crippen LogP contribution is 2.30. The van der Waals surface area contributed by atoms with E-state index in [-0.39, 0.29) is 0 Å². The van der Waals surface area contributed by atoms with Crippen LogP contribution in [0.3, 0.4) is 0 Å². The zero-order valence-electron chi connectivity index (χ0n) is 12.0. The van der Waals surface area contributed by atoms with Crippen LogP contribution in [0.1, 0.15) is 57.9 Å². The first-order chi connectivity index (χ1) is 9.24. The number of hydrogen-bond donors (Lipinski definition) is 1. The van der Waals surface area contributed by atoms with Gasteiger partial charge < -0.3 is 5.32 Å². The Bertz CT molecular complexity index is 408. The van der Waals surface area contributed by atoms with E-state index in [9.17, 15) is 0 Å². The molecule has 1 aliphatic carbocycles. The van der Waals surface area contributed by atoms with Crippen molar-refractivity contribution in [1.82, 2.24) is 9.97 Å². The Morgan fingerprint density at radius 2 is 2.16 bits per heavy atom. The van der Waals surface area contributed by atoms with E-state index in [2.05, 4.69) is 29.1 Å². The maximum absolute atomic E-state index is 6.19. The van der Waals surface area contributed by atoms with Crippen LogP contribution in [0.2, 0.25) is 5.15 Å². The lowest BCUT2D eigenvalue weighted by Crippen LogP contribution is -2.28. The molecule has 2 atom stereocenters. The minimum absolute atomic E-state index is 0.542. The lowest BCUT2D eigenvalue weighted by atomic mass is 9.84. The van der Waals surface area contributed by atoms with Crippen molar-refractivity contribution in [1.29, 1.82) is 0 Å². The molecule has 0 saturated heterocycles. The van der Waals surface area contributed by atoms with Crippen LogP contribution >= 0.6 is 11.6 Å². The van der Waals surface area contributed by atoms with E-state index < -0.39 is 0 Å². The van der Waals surface area contributed by atoms with Crippen molar-refractivity contribution < 1.29 is 0 Å². The second-order valence-corrected chi connectivity index (χ2v) is 5.88. The van der Waals surface area contributed by atoms with E-state index >= 15 is 0 Å². The molecule has 106 valence electrons. The molecule has 4 heteroatoms. The fourth-order valence-corrected chi connectivity index (χ4v) is 3.20. The second-order valence-electron chi connectivity index (χ2n) is 5.52. The first-order valence-electron chi connectivity index (χ1n) is 7.50. The highest BCUT2D eigenvalue weighted by molar-refractivity contribution is 6.30. The lowest BCUT2D eigenvalue weighted by molar-refractivity contribution is 0.327. The zero-order valence-corrected chi connectivity index (χ0v) is 12.7. The predicted molar refractivity (Wildman–Crippen MR) is 80.7 cm³/mol. The summed E-state index contributed by atoms with van der Waals surface area (Å²) in [6.45, 7) is 4.44. The molecule has 3 nitrogen and oxygen atoms in total. The molecule has 1 aromatic rings. The molecule has 0 aromatic carbocycles. The molecule has 0 radical (unpaired) electrons. The molecule has 1 fully saturated rings. The first kappa shape index (κ1) is 14.6. The van der Waals surface area contributed by atoms with Crippen LogP contribution in [-0.2, 0) is 6.42 Å². The molecule has 0 aliphatic heterocycles. The summed E-state index contributed by atoms with van der Waals surface area (Å²) >= 11 is 6.19.